The van der Waals surface area contributed by atoms with Gasteiger partial charge in [0.25, 0.3) is 0 Å². The van der Waals surface area contributed by atoms with Gasteiger partial charge in [-0.15, -0.1) is 0 Å². The molecule has 0 aliphatic carbocycles. The molecule has 0 aliphatic rings. The van der Waals surface area contributed by atoms with Crippen molar-refractivity contribution < 1.29 is 32.9 Å². The van der Waals surface area contributed by atoms with Crippen LogP contribution in [0.1, 0.15) is 187 Å². The summed E-state index contributed by atoms with van der Waals surface area (Å²) < 4.78 is 23.6. The molecule has 0 saturated heterocycles. The van der Waals surface area contributed by atoms with E-state index in [1.165, 1.54) is 64.2 Å². The highest BCUT2D eigenvalue weighted by molar-refractivity contribution is 7.47. The maximum absolute atomic E-state index is 12.9. The fourth-order valence-electron chi connectivity index (χ4n) is 6.80. The Labute approximate surface area is 412 Å². The van der Waals surface area contributed by atoms with Crippen molar-refractivity contribution >= 4 is 13.7 Å². The molecule has 0 aromatic carbocycles. The first kappa shape index (κ1) is 63.9. The van der Waals surface area contributed by atoms with E-state index >= 15 is 0 Å². The van der Waals surface area contributed by atoms with Crippen molar-refractivity contribution in [2.75, 3.05) is 40.9 Å². The number of aliphatic hydroxyl groups is 1. The number of quaternary nitrogens is 1. The molecule has 0 spiro atoms. The summed E-state index contributed by atoms with van der Waals surface area (Å²) in [6.45, 7) is 4.65. The van der Waals surface area contributed by atoms with Crippen molar-refractivity contribution in [3.8, 4) is 0 Å². The van der Waals surface area contributed by atoms with E-state index in [0.717, 1.165) is 103 Å². The van der Waals surface area contributed by atoms with Gasteiger partial charge in [0, 0.05) is 6.42 Å². The number of unbranched alkanes of at least 4 members (excludes halogenated alkanes) is 15. The lowest BCUT2D eigenvalue weighted by Gasteiger charge is -2.25. The normalized spacial score (nSPS) is 15.0. The van der Waals surface area contributed by atoms with E-state index in [1.54, 1.807) is 6.08 Å². The Kier molecular flexibility index (Phi) is 45.7. The van der Waals surface area contributed by atoms with Crippen LogP contribution < -0.4 is 5.32 Å². The van der Waals surface area contributed by atoms with Crippen molar-refractivity contribution in [1.82, 2.24) is 5.32 Å². The van der Waals surface area contributed by atoms with Crippen molar-refractivity contribution in [1.29, 1.82) is 0 Å². The van der Waals surface area contributed by atoms with Gasteiger partial charge >= 0.3 is 7.82 Å². The highest BCUT2D eigenvalue weighted by Gasteiger charge is 2.27. The number of phosphoric acid groups is 1. The zero-order valence-corrected chi connectivity index (χ0v) is 44.2. The van der Waals surface area contributed by atoms with Crippen molar-refractivity contribution in [2.24, 2.45) is 0 Å². The summed E-state index contributed by atoms with van der Waals surface area (Å²) >= 11 is 0. The van der Waals surface area contributed by atoms with Crippen molar-refractivity contribution in [2.45, 2.75) is 199 Å². The number of rotatable bonds is 46. The van der Waals surface area contributed by atoms with Crippen LogP contribution in [-0.2, 0) is 18.4 Å². The molecular formula is C58H100N2O6P+. The van der Waals surface area contributed by atoms with Gasteiger partial charge in [-0.25, -0.2) is 4.57 Å². The van der Waals surface area contributed by atoms with Crippen LogP contribution in [0.5, 0.6) is 0 Å². The van der Waals surface area contributed by atoms with Crippen LogP contribution in [0.3, 0.4) is 0 Å². The van der Waals surface area contributed by atoms with Gasteiger partial charge in [-0.05, 0) is 89.9 Å². The molecule has 3 unspecified atom stereocenters. The third-order valence-electron chi connectivity index (χ3n) is 10.9. The summed E-state index contributed by atoms with van der Waals surface area (Å²) in [5.41, 5.74) is 0. The second-order valence-corrected chi connectivity index (χ2v) is 20.0. The smallest absolute Gasteiger partial charge is 0.387 e. The molecule has 0 heterocycles. The number of nitrogens with one attached hydrogen (secondary N) is 1. The fourth-order valence-corrected chi connectivity index (χ4v) is 7.53. The highest BCUT2D eigenvalue weighted by atomic mass is 31.2. The van der Waals surface area contributed by atoms with Gasteiger partial charge in [-0.3, -0.25) is 13.8 Å². The number of carbonyl (C=O) groups is 1. The molecule has 67 heavy (non-hydrogen) atoms. The van der Waals surface area contributed by atoms with Gasteiger partial charge < -0.3 is 19.8 Å². The van der Waals surface area contributed by atoms with Gasteiger partial charge in [-0.1, -0.05) is 212 Å². The molecule has 3 N–H and O–H groups in total. The van der Waals surface area contributed by atoms with E-state index in [-0.39, 0.29) is 19.1 Å². The molecule has 382 valence electrons. The monoisotopic (exact) mass is 952 g/mol. The molecule has 0 fully saturated rings. The molecule has 0 radical (unpaired) electrons. The van der Waals surface area contributed by atoms with Gasteiger partial charge in [0.15, 0.2) is 0 Å². The number of amides is 1. The molecule has 9 heteroatoms. The minimum Gasteiger partial charge on any atom is -0.387 e. The number of carbonyl (C=O) groups excluding carboxylic acids is 1. The van der Waals surface area contributed by atoms with Crippen LogP contribution in [-0.4, -0.2) is 73.4 Å². The summed E-state index contributed by atoms with van der Waals surface area (Å²) in [6.07, 6.45) is 71.4. The Morgan fingerprint density at radius 2 is 0.896 bits per heavy atom. The van der Waals surface area contributed by atoms with Crippen LogP contribution in [0.4, 0.5) is 0 Å². The molecule has 0 aliphatic heterocycles. The summed E-state index contributed by atoms with van der Waals surface area (Å²) in [7, 11) is 1.53. The lowest BCUT2D eigenvalue weighted by molar-refractivity contribution is -0.870. The van der Waals surface area contributed by atoms with Crippen LogP contribution in [0, 0.1) is 0 Å². The number of phosphoric ester groups is 1. The lowest BCUT2D eigenvalue weighted by atomic mass is 10.0. The second-order valence-electron chi connectivity index (χ2n) is 18.5. The van der Waals surface area contributed by atoms with Crippen LogP contribution in [0.2, 0.25) is 0 Å². The van der Waals surface area contributed by atoms with E-state index < -0.39 is 20.0 Å². The largest absolute Gasteiger partial charge is 0.472 e. The molecular weight excluding hydrogens is 852 g/mol. The van der Waals surface area contributed by atoms with Crippen LogP contribution in [0.25, 0.3) is 0 Å². The van der Waals surface area contributed by atoms with Gasteiger partial charge in [-0.2, -0.15) is 0 Å². The summed E-state index contributed by atoms with van der Waals surface area (Å²) in [5.74, 6) is -0.215. The number of likely N-dealkylation sites (N-methyl/N-ethyl adjacent to an activating group) is 1. The van der Waals surface area contributed by atoms with E-state index in [9.17, 15) is 19.4 Å². The Morgan fingerprint density at radius 1 is 0.522 bits per heavy atom. The van der Waals surface area contributed by atoms with Gasteiger partial charge in [0.05, 0.1) is 39.9 Å². The second kappa shape index (κ2) is 47.9. The molecule has 0 bridgehead atoms. The maximum atomic E-state index is 12.9. The Balaban J connectivity index is 4.35. The molecule has 0 saturated carbocycles. The highest BCUT2D eigenvalue weighted by Crippen LogP contribution is 2.43. The number of hydrogen-bond donors (Lipinski definition) is 3. The van der Waals surface area contributed by atoms with Gasteiger partial charge in [0.1, 0.15) is 13.2 Å². The van der Waals surface area contributed by atoms with Gasteiger partial charge in [0.2, 0.25) is 5.91 Å². The van der Waals surface area contributed by atoms with E-state index in [4.69, 9.17) is 9.05 Å². The summed E-state index contributed by atoms with van der Waals surface area (Å²) in [6, 6.07) is -0.873. The lowest BCUT2D eigenvalue weighted by Crippen LogP contribution is -2.45. The Bertz CT molecular complexity index is 1500. The molecule has 8 nitrogen and oxygen atoms in total. The third-order valence-corrected chi connectivity index (χ3v) is 11.9. The fraction of sp³-hybridized carbons (Fsp3) is 0.638. The predicted octanol–water partition coefficient (Wildman–Crippen LogP) is 15.8. The number of nitrogens with zero attached hydrogens (tertiary/aromatic N) is 1. The van der Waals surface area contributed by atoms with E-state index in [1.807, 2.05) is 27.2 Å². The zero-order chi connectivity index (χ0) is 49.2. The molecule has 3 atom stereocenters. The number of aliphatic hydroxyl groups excluding tert-OH is 1. The molecule has 0 aromatic rings. The van der Waals surface area contributed by atoms with Crippen LogP contribution >= 0.6 is 7.82 Å². The third kappa shape index (κ3) is 50.6. The van der Waals surface area contributed by atoms with Crippen LogP contribution in [0.15, 0.2) is 122 Å². The molecule has 0 rings (SSSR count). The first-order valence-corrected chi connectivity index (χ1v) is 27.9. The maximum Gasteiger partial charge on any atom is 0.472 e. The number of hydrogen-bond acceptors (Lipinski definition) is 5. The quantitative estimate of drug-likeness (QED) is 0.0243. The predicted molar refractivity (Wildman–Crippen MR) is 290 cm³/mol. The molecule has 0 aromatic heterocycles. The zero-order valence-electron chi connectivity index (χ0n) is 43.3. The molecule has 1 amide bonds. The topological polar surface area (TPSA) is 105 Å². The first-order valence-electron chi connectivity index (χ1n) is 26.4. The summed E-state index contributed by atoms with van der Waals surface area (Å²) in [4.78, 5) is 23.2. The average Bonchev–Trinajstić information content (AvgIpc) is 3.29. The van der Waals surface area contributed by atoms with Crippen molar-refractivity contribution in [3.05, 3.63) is 122 Å². The minimum atomic E-state index is -4.36. The van der Waals surface area contributed by atoms with E-state index in [2.05, 4.69) is 129 Å². The standard InChI is InChI=1S/C58H99N2O6P/c1-6-8-10-12-14-16-18-20-22-23-24-25-26-27-28-29-30-31-32-33-34-35-36-37-38-40-42-44-46-48-50-52-58(62)59-56(55-66-67(63,64)65-54-53-60(3,4)5)57(61)51-49-47-45-43-41-39-21-19-17-15-13-11-9-7-2/h8,10,14,16,20,22,24-25,27-28,30-31,33-34,36-37,40,42,49,51,56-57,61H,6-7,9,11-13,15,17-19,21,23,26,29,32,35,38-39,41,43-48,50,52-55H2,1-5H3,(H-,59,62,63,64)/p+1/b10-8-,16-14-,22-20-,25-24-,28-27-,31-30-,34-33-,37-36-,42-40-,51-49+. The summed E-state index contributed by atoms with van der Waals surface area (Å²) in [5, 5.41) is 13.8. The minimum absolute atomic E-state index is 0.0478. The SMILES string of the molecule is CC/C=C\C/C=C\C/C=C\C/C=C\C/C=C\C/C=C\C/C=C\C/C=C\C/C=C\CCCCCC(=O)NC(COP(=O)(O)OCC[N+](C)(C)C)C(O)/C=C/CCCCCCCCCCCCCC. The Morgan fingerprint density at radius 3 is 1.31 bits per heavy atom. The van der Waals surface area contributed by atoms with E-state index in [0.29, 0.717) is 17.4 Å². The first-order chi connectivity index (χ1) is 32.5. The number of allylic oxidation sites excluding steroid dienone is 19. The Hall–Kier alpha value is -3.10. The van der Waals surface area contributed by atoms with Crippen molar-refractivity contribution in [3.63, 3.8) is 0 Å². The average molecular weight is 952 g/mol.